The summed E-state index contributed by atoms with van der Waals surface area (Å²) in [6.07, 6.45) is 1.69. The standard InChI is InChI=1S/C15H17NO2/c1-11(17)14-6-4-5-7-15(14)16(3)10-13-8-9-18-12(13)2/h4-9H,10H2,1-3H3. The highest BCUT2D eigenvalue weighted by atomic mass is 16.3. The quantitative estimate of drug-likeness (QED) is 0.771. The molecule has 0 saturated heterocycles. The molecule has 3 nitrogen and oxygen atoms in total. The molecule has 0 radical (unpaired) electrons. The third-order valence-electron chi connectivity index (χ3n) is 3.07. The van der Waals surface area contributed by atoms with Crippen LogP contribution in [0, 0.1) is 6.92 Å². The minimum absolute atomic E-state index is 0.0846. The fourth-order valence-electron chi connectivity index (χ4n) is 2.02. The first-order valence-corrected chi connectivity index (χ1v) is 5.93. The van der Waals surface area contributed by atoms with E-state index in [1.165, 1.54) is 0 Å². The van der Waals surface area contributed by atoms with E-state index in [4.69, 9.17) is 4.42 Å². The fourth-order valence-corrected chi connectivity index (χ4v) is 2.02. The van der Waals surface area contributed by atoms with Crippen LogP contribution in [-0.2, 0) is 6.54 Å². The number of benzene rings is 1. The van der Waals surface area contributed by atoms with Gasteiger partial charge in [-0.15, -0.1) is 0 Å². The van der Waals surface area contributed by atoms with E-state index < -0.39 is 0 Å². The molecule has 0 amide bonds. The molecule has 0 saturated carbocycles. The minimum atomic E-state index is 0.0846. The molecule has 0 N–H and O–H groups in total. The molecule has 94 valence electrons. The van der Waals surface area contributed by atoms with Crippen LogP contribution in [0.2, 0.25) is 0 Å². The van der Waals surface area contributed by atoms with Gasteiger partial charge in [0.05, 0.1) is 6.26 Å². The summed E-state index contributed by atoms with van der Waals surface area (Å²) in [6.45, 7) is 4.27. The van der Waals surface area contributed by atoms with Gasteiger partial charge >= 0.3 is 0 Å². The molecule has 0 fully saturated rings. The Morgan fingerprint density at radius 2 is 2.00 bits per heavy atom. The molecule has 18 heavy (non-hydrogen) atoms. The number of anilines is 1. The van der Waals surface area contributed by atoms with Gasteiger partial charge in [-0.25, -0.2) is 0 Å². The van der Waals surface area contributed by atoms with Crippen molar-refractivity contribution in [1.29, 1.82) is 0 Å². The first-order valence-electron chi connectivity index (χ1n) is 5.93. The van der Waals surface area contributed by atoms with Crippen LogP contribution >= 0.6 is 0 Å². The number of aryl methyl sites for hydroxylation is 1. The Balaban J connectivity index is 2.26. The van der Waals surface area contributed by atoms with E-state index in [-0.39, 0.29) is 5.78 Å². The Hall–Kier alpha value is -2.03. The van der Waals surface area contributed by atoms with Gasteiger partial charge in [-0.1, -0.05) is 12.1 Å². The number of rotatable bonds is 4. The number of furan rings is 1. The Morgan fingerprint density at radius 1 is 1.28 bits per heavy atom. The summed E-state index contributed by atoms with van der Waals surface area (Å²) in [4.78, 5) is 13.7. The second-order valence-corrected chi connectivity index (χ2v) is 4.43. The molecular formula is C15H17NO2. The summed E-state index contributed by atoms with van der Waals surface area (Å²) in [6, 6.07) is 9.61. The largest absolute Gasteiger partial charge is 0.469 e. The van der Waals surface area contributed by atoms with Crippen LogP contribution in [0.15, 0.2) is 41.0 Å². The van der Waals surface area contributed by atoms with Crippen molar-refractivity contribution < 1.29 is 9.21 Å². The van der Waals surface area contributed by atoms with E-state index in [9.17, 15) is 4.79 Å². The van der Waals surface area contributed by atoms with Gasteiger partial charge in [-0.05, 0) is 32.0 Å². The SMILES string of the molecule is CC(=O)c1ccccc1N(C)Cc1ccoc1C. The Labute approximate surface area is 107 Å². The second kappa shape index (κ2) is 5.08. The number of para-hydroxylation sites is 1. The number of carbonyl (C=O) groups excluding carboxylic acids is 1. The Kier molecular flexibility index (Phi) is 3.51. The van der Waals surface area contributed by atoms with Gasteiger partial charge in [0.15, 0.2) is 5.78 Å². The van der Waals surface area contributed by atoms with Gasteiger partial charge < -0.3 is 9.32 Å². The maximum absolute atomic E-state index is 11.6. The zero-order valence-corrected chi connectivity index (χ0v) is 10.9. The molecule has 2 aromatic rings. The fraction of sp³-hybridized carbons (Fsp3) is 0.267. The smallest absolute Gasteiger partial charge is 0.161 e. The van der Waals surface area contributed by atoms with Crippen LogP contribution in [0.25, 0.3) is 0 Å². The first kappa shape index (κ1) is 12.4. The summed E-state index contributed by atoms with van der Waals surface area (Å²) >= 11 is 0. The highest BCUT2D eigenvalue weighted by molar-refractivity contribution is 5.99. The van der Waals surface area contributed by atoms with Gasteiger partial charge in [-0.2, -0.15) is 0 Å². The van der Waals surface area contributed by atoms with E-state index >= 15 is 0 Å². The lowest BCUT2D eigenvalue weighted by atomic mass is 10.1. The van der Waals surface area contributed by atoms with Gasteiger partial charge in [-0.3, -0.25) is 4.79 Å². The zero-order valence-electron chi connectivity index (χ0n) is 10.9. The number of hydrogen-bond donors (Lipinski definition) is 0. The van der Waals surface area contributed by atoms with Crippen LogP contribution in [-0.4, -0.2) is 12.8 Å². The van der Waals surface area contributed by atoms with Gasteiger partial charge in [0.2, 0.25) is 0 Å². The van der Waals surface area contributed by atoms with Crippen LogP contribution in [0.4, 0.5) is 5.69 Å². The van der Waals surface area contributed by atoms with Gasteiger partial charge in [0.25, 0.3) is 0 Å². The second-order valence-electron chi connectivity index (χ2n) is 4.43. The molecule has 0 aliphatic carbocycles. The zero-order chi connectivity index (χ0) is 13.1. The van der Waals surface area contributed by atoms with Crippen LogP contribution in [0.5, 0.6) is 0 Å². The number of nitrogens with zero attached hydrogens (tertiary/aromatic N) is 1. The molecule has 1 aromatic carbocycles. The van der Waals surface area contributed by atoms with Crippen molar-refractivity contribution >= 4 is 11.5 Å². The van der Waals surface area contributed by atoms with Crippen LogP contribution < -0.4 is 4.90 Å². The average Bonchev–Trinajstić information content (AvgIpc) is 2.75. The predicted octanol–water partition coefficient (Wildman–Crippen LogP) is 3.43. The van der Waals surface area contributed by atoms with E-state index in [1.807, 2.05) is 44.3 Å². The Morgan fingerprint density at radius 3 is 2.61 bits per heavy atom. The van der Waals surface area contributed by atoms with Crippen molar-refractivity contribution in [2.24, 2.45) is 0 Å². The van der Waals surface area contributed by atoms with E-state index in [2.05, 4.69) is 4.90 Å². The highest BCUT2D eigenvalue weighted by Gasteiger charge is 2.12. The summed E-state index contributed by atoms with van der Waals surface area (Å²) < 4.78 is 5.29. The number of hydrogen-bond acceptors (Lipinski definition) is 3. The molecule has 1 aromatic heterocycles. The molecule has 0 atom stereocenters. The number of carbonyl (C=O) groups is 1. The maximum atomic E-state index is 11.6. The molecule has 3 heteroatoms. The van der Waals surface area contributed by atoms with E-state index in [0.717, 1.165) is 29.1 Å². The lowest BCUT2D eigenvalue weighted by Crippen LogP contribution is -2.19. The third kappa shape index (κ3) is 2.45. The normalized spacial score (nSPS) is 10.4. The van der Waals surface area contributed by atoms with Crippen molar-refractivity contribution in [3.05, 3.63) is 53.5 Å². The van der Waals surface area contributed by atoms with Crippen LogP contribution in [0.3, 0.4) is 0 Å². The van der Waals surface area contributed by atoms with Crippen LogP contribution in [0.1, 0.15) is 28.6 Å². The first-order chi connectivity index (χ1) is 8.59. The summed E-state index contributed by atoms with van der Waals surface area (Å²) in [5, 5.41) is 0. The van der Waals surface area contributed by atoms with Crippen molar-refractivity contribution in [1.82, 2.24) is 0 Å². The molecule has 1 heterocycles. The molecular weight excluding hydrogens is 226 g/mol. The third-order valence-corrected chi connectivity index (χ3v) is 3.07. The molecule has 0 aliphatic heterocycles. The molecule has 0 unspecified atom stereocenters. The van der Waals surface area contributed by atoms with Crippen molar-refractivity contribution in [3.8, 4) is 0 Å². The maximum Gasteiger partial charge on any atom is 0.161 e. The predicted molar refractivity (Wildman–Crippen MR) is 72.0 cm³/mol. The van der Waals surface area contributed by atoms with Crippen molar-refractivity contribution in [2.75, 3.05) is 11.9 Å². The molecule has 0 aliphatic rings. The lowest BCUT2D eigenvalue weighted by molar-refractivity contribution is 0.101. The van der Waals surface area contributed by atoms with Gasteiger partial charge in [0, 0.05) is 30.4 Å². The average molecular weight is 243 g/mol. The minimum Gasteiger partial charge on any atom is -0.469 e. The van der Waals surface area contributed by atoms with E-state index in [1.54, 1.807) is 13.2 Å². The number of ketones is 1. The Bertz CT molecular complexity index is 557. The van der Waals surface area contributed by atoms with Crippen molar-refractivity contribution in [2.45, 2.75) is 20.4 Å². The van der Waals surface area contributed by atoms with E-state index in [0.29, 0.717) is 0 Å². The lowest BCUT2D eigenvalue weighted by Gasteiger charge is -2.21. The molecule has 2 rings (SSSR count). The molecule has 0 bridgehead atoms. The summed E-state index contributed by atoms with van der Waals surface area (Å²) in [7, 11) is 1.98. The monoisotopic (exact) mass is 243 g/mol. The van der Waals surface area contributed by atoms with Gasteiger partial charge in [0.1, 0.15) is 5.76 Å². The number of Topliss-reactive ketones (excluding diaryl/α,β-unsaturated/α-hetero) is 1. The van der Waals surface area contributed by atoms with Crippen molar-refractivity contribution in [3.63, 3.8) is 0 Å². The summed E-state index contributed by atoms with van der Waals surface area (Å²) in [5.74, 6) is 1.00. The summed E-state index contributed by atoms with van der Waals surface area (Å²) in [5.41, 5.74) is 2.84. The topological polar surface area (TPSA) is 33.5 Å². The highest BCUT2D eigenvalue weighted by Crippen LogP contribution is 2.22. The molecule has 0 spiro atoms.